The molecule has 1 N–H and O–H groups in total. The van der Waals surface area contributed by atoms with Crippen molar-refractivity contribution in [1.82, 2.24) is 0 Å². The number of rotatable bonds is 6. The molecule has 0 unspecified atom stereocenters. The molecule has 0 aliphatic heterocycles. The van der Waals surface area contributed by atoms with Crippen LogP contribution in [-0.4, -0.2) is 7.11 Å². The zero-order valence-corrected chi connectivity index (χ0v) is 13.4. The van der Waals surface area contributed by atoms with Crippen LogP contribution in [0.4, 0.5) is 5.69 Å². The van der Waals surface area contributed by atoms with Crippen molar-refractivity contribution in [3.8, 4) is 5.75 Å². The molecule has 0 aliphatic carbocycles. The van der Waals surface area contributed by atoms with Crippen molar-refractivity contribution in [2.24, 2.45) is 5.92 Å². The molecule has 0 aromatic heterocycles. The molecule has 0 saturated carbocycles. The van der Waals surface area contributed by atoms with Gasteiger partial charge in [-0.25, -0.2) is 0 Å². The Morgan fingerprint density at radius 1 is 1.00 bits per heavy atom. The summed E-state index contributed by atoms with van der Waals surface area (Å²) in [6.45, 7) is 7.39. The van der Waals surface area contributed by atoms with Crippen LogP contribution in [-0.2, 0) is 13.0 Å². The molecule has 0 bridgehead atoms. The first kappa shape index (κ1) is 15.4. The summed E-state index contributed by atoms with van der Waals surface area (Å²) in [5, 5.41) is 3.46. The van der Waals surface area contributed by atoms with Crippen molar-refractivity contribution < 1.29 is 4.74 Å². The van der Waals surface area contributed by atoms with Crippen molar-refractivity contribution in [2.75, 3.05) is 12.4 Å². The average Bonchev–Trinajstić information content (AvgIpc) is 2.46. The van der Waals surface area contributed by atoms with E-state index in [1.165, 1.54) is 16.7 Å². The van der Waals surface area contributed by atoms with Crippen molar-refractivity contribution in [3.63, 3.8) is 0 Å². The first-order valence-electron chi connectivity index (χ1n) is 7.55. The SMILES string of the molecule is COc1ccc(C)cc1NCc1ccc(CC(C)C)cc1. The first-order chi connectivity index (χ1) is 10.1. The first-order valence-corrected chi connectivity index (χ1v) is 7.55. The highest BCUT2D eigenvalue weighted by Gasteiger charge is 2.03. The van der Waals surface area contributed by atoms with Crippen LogP contribution in [0.1, 0.15) is 30.5 Å². The Morgan fingerprint density at radius 3 is 2.29 bits per heavy atom. The molecule has 0 spiro atoms. The Bertz CT molecular complexity index is 573. The maximum atomic E-state index is 5.39. The molecule has 2 nitrogen and oxygen atoms in total. The summed E-state index contributed by atoms with van der Waals surface area (Å²) >= 11 is 0. The van der Waals surface area contributed by atoms with Gasteiger partial charge in [-0.3, -0.25) is 0 Å². The van der Waals surface area contributed by atoms with Crippen LogP contribution in [0.2, 0.25) is 0 Å². The summed E-state index contributed by atoms with van der Waals surface area (Å²) in [6.07, 6.45) is 1.14. The van der Waals surface area contributed by atoms with Gasteiger partial charge in [-0.1, -0.05) is 44.2 Å². The Kier molecular flexibility index (Phi) is 5.26. The van der Waals surface area contributed by atoms with E-state index >= 15 is 0 Å². The third-order valence-corrected chi connectivity index (χ3v) is 3.50. The highest BCUT2D eigenvalue weighted by molar-refractivity contribution is 5.58. The number of methoxy groups -OCH3 is 1. The topological polar surface area (TPSA) is 21.3 Å². The van der Waals surface area contributed by atoms with Crippen LogP contribution in [0.25, 0.3) is 0 Å². The van der Waals surface area contributed by atoms with Crippen LogP contribution in [0, 0.1) is 12.8 Å². The summed E-state index contributed by atoms with van der Waals surface area (Å²) in [6, 6.07) is 15.0. The molecule has 0 fully saturated rings. The van der Waals surface area contributed by atoms with Gasteiger partial charge in [0, 0.05) is 6.54 Å². The van der Waals surface area contributed by atoms with Gasteiger partial charge < -0.3 is 10.1 Å². The quantitative estimate of drug-likeness (QED) is 0.821. The van der Waals surface area contributed by atoms with Gasteiger partial charge in [0.05, 0.1) is 12.8 Å². The van der Waals surface area contributed by atoms with Crippen molar-refractivity contribution in [1.29, 1.82) is 0 Å². The lowest BCUT2D eigenvalue weighted by atomic mass is 10.0. The maximum absolute atomic E-state index is 5.39. The zero-order valence-electron chi connectivity index (χ0n) is 13.4. The van der Waals surface area contributed by atoms with E-state index < -0.39 is 0 Å². The Morgan fingerprint density at radius 2 is 1.67 bits per heavy atom. The molecule has 2 heteroatoms. The summed E-state index contributed by atoms with van der Waals surface area (Å²) in [4.78, 5) is 0. The van der Waals surface area contributed by atoms with E-state index in [-0.39, 0.29) is 0 Å². The number of nitrogens with one attached hydrogen (secondary N) is 1. The predicted molar refractivity (Wildman–Crippen MR) is 90.0 cm³/mol. The lowest BCUT2D eigenvalue weighted by Gasteiger charge is -2.12. The molecular weight excluding hydrogens is 258 g/mol. The van der Waals surface area contributed by atoms with Gasteiger partial charge in [0.15, 0.2) is 0 Å². The molecule has 21 heavy (non-hydrogen) atoms. The van der Waals surface area contributed by atoms with Gasteiger partial charge >= 0.3 is 0 Å². The maximum Gasteiger partial charge on any atom is 0.141 e. The summed E-state index contributed by atoms with van der Waals surface area (Å²) in [7, 11) is 1.70. The van der Waals surface area contributed by atoms with E-state index in [1.54, 1.807) is 7.11 Å². The number of aryl methyl sites for hydroxylation is 1. The van der Waals surface area contributed by atoms with Gasteiger partial charge in [-0.2, -0.15) is 0 Å². The summed E-state index contributed by atoms with van der Waals surface area (Å²) < 4.78 is 5.39. The monoisotopic (exact) mass is 283 g/mol. The molecule has 0 atom stereocenters. The van der Waals surface area contributed by atoms with E-state index in [1.807, 2.05) is 6.07 Å². The van der Waals surface area contributed by atoms with Crippen LogP contribution in [0.5, 0.6) is 5.75 Å². The standard InChI is InChI=1S/C19H25NO/c1-14(2)11-16-6-8-17(9-7-16)13-20-18-12-15(3)5-10-19(18)21-4/h5-10,12,14,20H,11,13H2,1-4H3. The molecule has 2 rings (SSSR count). The normalized spacial score (nSPS) is 10.7. The number of hydrogen-bond acceptors (Lipinski definition) is 2. The molecule has 2 aromatic carbocycles. The molecule has 0 heterocycles. The van der Waals surface area contributed by atoms with E-state index in [2.05, 4.69) is 62.5 Å². The third-order valence-electron chi connectivity index (χ3n) is 3.50. The highest BCUT2D eigenvalue weighted by Crippen LogP contribution is 2.25. The van der Waals surface area contributed by atoms with Crippen molar-refractivity contribution in [3.05, 3.63) is 59.2 Å². The third kappa shape index (κ3) is 4.52. The second-order valence-electron chi connectivity index (χ2n) is 5.97. The molecule has 0 aliphatic rings. The highest BCUT2D eigenvalue weighted by atomic mass is 16.5. The second-order valence-corrected chi connectivity index (χ2v) is 5.97. The fraction of sp³-hybridized carbons (Fsp3) is 0.368. The molecule has 0 radical (unpaired) electrons. The number of hydrogen-bond donors (Lipinski definition) is 1. The fourth-order valence-corrected chi connectivity index (χ4v) is 2.42. The van der Waals surface area contributed by atoms with E-state index in [0.29, 0.717) is 5.92 Å². The Balaban J connectivity index is 2.01. The van der Waals surface area contributed by atoms with Crippen molar-refractivity contribution in [2.45, 2.75) is 33.7 Å². The minimum absolute atomic E-state index is 0.700. The van der Waals surface area contributed by atoms with Gasteiger partial charge in [0.1, 0.15) is 5.75 Å². The fourth-order valence-electron chi connectivity index (χ4n) is 2.42. The van der Waals surface area contributed by atoms with Gasteiger partial charge in [-0.05, 0) is 48.1 Å². The van der Waals surface area contributed by atoms with Gasteiger partial charge in [0.25, 0.3) is 0 Å². The summed E-state index contributed by atoms with van der Waals surface area (Å²) in [5.41, 5.74) is 4.96. The predicted octanol–water partition coefficient (Wildman–Crippen LogP) is 4.81. The van der Waals surface area contributed by atoms with Gasteiger partial charge in [0.2, 0.25) is 0 Å². The Hall–Kier alpha value is -1.96. The van der Waals surface area contributed by atoms with Crippen LogP contribution >= 0.6 is 0 Å². The number of benzene rings is 2. The lowest BCUT2D eigenvalue weighted by Crippen LogP contribution is -2.02. The van der Waals surface area contributed by atoms with E-state index in [0.717, 1.165) is 24.4 Å². The average molecular weight is 283 g/mol. The van der Waals surface area contributed by atoms with Crippen molar-refractivity contribution >= 4 is 5.69 Å². The Labute approximate surface area is 128 Å². The molecule has 2 aromatic rings. The lowest BCUT2D eigenvalue weighted by molar-refractivity contribution is 0.416. The second kappa shape index (κ2) is 7.16. The van der Waals surface area contributed by atoms with Crippen LogP contribution in [0.3, 0.4) is 0 Å². The smallest absolute Gasteiger partial charge is 0.141 e. The van der Waals surface area contributed by atoms with Crippen LogP contribution in [0.15, 0.2) is 42.5 Å². The van der Waals surface area contributed by atoms with E-state index in [9.17, 15) is 0 Å². The van der Waals surface area contributed by atoms with E-state index in [4.69, 9.17) is 4.74 Å². The summed E-state index contributed by atoms with van der Waals surface area (Å²) in [5.74, 6) is 1.59. The molecule has 0 saturated heterocycles. The van der Waals surface area contributed by atoms with Crippen LogP contribution < -0.4 is 10.1 Å². The number of anilines is 1. The largest absolute Gasteiger partial charge is 0.495 e. The minimum Gasteiger partial charge on any atom is -0.495 e. The molecule has 112 valence electrons. The zero-order chi connectivity index (χ0) is 15.2. The number of ether oxygens (including phenoxy) is 1. The molecular formula is C19H25NO. The minimum atomic E-state index is 0.700. The van der Waals surface area contributed by atoms with Gasteiger partial charge in [-0.15, -0.1) is 0 Å². The molecule has 0 amide bonds.